The number of rotatable bonds is 9. The van der Waals surface area contributed by atoms with Crippen LogP contribution in [0.15, 0.2) is 24.3 Å². The van der Waals surface area contributed by atoms with Gasteiger partial charge < -0.3 is 9.84 Å². The Morgan fingerprint density at radius 3 is 2.81 bits per heavy atom. The number of nitrogen functional groups attached to an aromatic ring is 1. The molecular formula is C15H25N3O3. The molecule has 118 valence electrons. The second-order valence-corrected chi connectivity index (χ2v) is 5.06. The first kappa shape index (κ1) is 17.4. The van der Waals surface area contributed by atoms with E-state index in [9.17, 15) is 4.79 Å². The molecule has 0 bridgehead atoms. The van der Waals surface area contributed by atoms with Gasteiger partial charge >= 0.3 is 0 Å². The van der Waals surface area contributed by atoms with E-state index in [2.05, 4.69) is 24.2 Å². The maximum atomic E-state index is 11.4. The van der Waals surface area contributed by atoms with Crippen LogP contribution in [-0.4, -0.2) is 48.3 Å². The third-order valence-corrected chi connectivity index (χ3v) is 3.21. The van der Waals surface area contributed by atoms with Crippen LogP contribution in [0.25, 0.3) is 0 Å². The second kappa shape index (κ2) is 9.33. The van der Waals surface area contributed by atoms with Crippen molar-refractivity contribution in [2.45, 2.75) is 26.3 Å². The molecule has 0 aliphatic carbocycles. The maximum Gasteiger partial charge on any atom is 0.265 e. The van der Waals surface area contributed by atoms with E-state index in [1.807, 2.05) is 0 Å². The number of nitrogens with two attached hydrogens (primary N) is 1. The van der Waals surface area contributed by atoms with Crippen LogP contribution >= 0.6 is 0 Å². The molecule has 0 radical (unpaired) electrons. The van der Waals surface area contributed by atoms with Crippen LogP contribution in [0.1, 0.15) is 30.6 Å². The summed E-state index contributed by atoms with van der Waals surface area (Å²) in [6, 6.07) is 7.30. The van der Waals surface area contributed by atoms with Crippen molar-refractivity contribution in [1.82, 2.24) is 10.3 Å². The Hall–Kier alpha value is -1.63. The molecule has 1 rings (SSSR count). The Morgan fingerprint density at radius 1 is 1.43 bits per heavy atom. The van der Waals surface area contributed by atoms with Crippen molar-refractivity contribution in [3.63, 3.8) is 0 Å². The monoisotopic (exact) mass is 295 g/mol. The van der Waals surface area contributed by atoms with E-state index in [1.54, 1.807) is 24.3 Å². The number of aliphatic hydroxyl groups excluding tert-OH is 1. The van der Waals surface area contributed by atoms with Crippen LogP contribution < -0.4 is 16.0 Å². The molecule has 0 fully saturated rings. The molecule has 0 aromatic heterocycles. The zero-order valence-corrected chi connectivity index (χ0v) is 12.7. The van der Waals surface area contributed by atoms with E-state index >= 15 is 0 Å². The minimum Gasteiger partial charge on any atom is -0.492 e. The molecule has 21 heavy (non-hydrogen) atoms. The molecule has 0 spiro atoms. The molecule has 6 nitrogen and oxygen atoms in total. The van der Waals surface area contributed by atoms with Crippen molar-refractivity contribution >= 4 is 5.91 Å². The van der Waals surface area contributed by atoms with Gasteiger partial charge in [0.25, 0.3) is 5.91 Å². The number of carbonyl (C=O) groups is 1. The van der Waals surface area contributed by atoms with Crippen LogP contribution in [0.5, 0.6) is 5.75 Å². The molecule has 1 amide bonds. The van der Waals surface area contributed by atoms with E-state index in [0.29, 0.717) is 24.0 Å². The normalized spacial score (nSPS) is 11.0. The lowest BCUT2D eigenvalue weighted by molar-refractivity contribution is 0.0953. The summed E-state index contributed by atoms with van der Waals surface area (Å²) in [7, 11) is 0. The van der Waals surface area contributed by atoms with Crippen molar-refractivity contribution < 1.29 is 14.6 Å². The SMILES string of the molecule is CC(C)N(CCCO)CCOc1cccc(C(=O)NN)c1. The summed E-state index contributed by atoms with van der Waals surface area (Å²) in [6.45, 7) is 6.56. The van der Waals surface area contributed by atoms with Crippen molar-refractivity contribution in [3.8, 4) is 5.75 Å². The first-order valence-electron chi connectivity index (χ1n) is 7.17. The number of carbonyl (C=O) groups excluding carboxylic acids is 1. The molecular weight excluding hydrogens is 270 g/mol. The predicted molar refractivity (Wildman–Crippen MR) is 82.0 cm³/mol. The molecule has 6 heteroatoms. The van der Waals surface area contributed by atoms with Crippen molar-refractivity contribution in [1.29, 1.82) is 0 Å². The van der Waals surface area contributed by atoms with Gasteiger partial charge in [-0.15, -0.1) is 0 Å². The number of amides is 1. The molecule has 1 aromatic rings. The molecule has 0 saturated heterocycles. The maximum absolute atomic E-state index is 11.4. The van der Waals surface area contributed by atoms with E-state index in [1.165, 1.54) is 0 Å². The molecule has 0 aliphatic heterocycles. The Labute approximate surface area is 125 Å². The fourth-order valence-electron chi connectivity index (χ4n) is 1.99. The van der Waals surface area contributed by atoms with Crippen LogP contribution in [0.2, 0.25) is 0 Å². The highest BCUT2D eigenvalue weighted by atomic mass is 16.5. The number of hydrogen-bond acceptors (Lipinski definition) is 5. The fourth-order valence-corrected chi connectivity index (χ4v) is 1.99. The summed E-state index contributed by atoms with van der Waals surface area (Å²) in [5, 5.41) is 8.90. The first-order valence-corrected chi connectivity index (χ1v) is 7.17. The average Bonchev–Trinajstić information content (AvgIpc) is 2.49. The number of aliphatic hydroxyl groups is 1. The van der Waals surface area contributed by atoms with Gasteiger partial charge in [-0.1, -0.05) is 6.07 Å². The van der Waals surface area contributed by atoms with Gasteiger partial charge in [-0.25, -0.2) is 5.84 Å². The molecule has 0 aliphatic rings. The van der Waals surface area contributed by atoms with Gasteiger partial charge in [0.05, 0.1) is 0 Å². The number of nitrogens with one attached hydrogen (secondary N) is 1. The lowest BCUT2D eigenvalue weighted by Crippen LogP contribution is -2.35. The summed E-state index contributed by atoms with van der Waals surface area (Å²) in [6.07, 6.45) is 0.754. The van der Waals surface area contributed by atoms with Crippen LogP contribution in [0, 0.1) is 0 Å². The highest BCUT2D eigenvalue weighted by molar-refractivity contribution is 5.94. The highest BCUT2D eigenvalue weighted by Crippen LogP contribution is 2.13. The van der Waals surface area contributed by atoms with E-state index in [4.69, 9.17) is 15.7 Å². The molecule has 1 aromatic carbocycles. The van der Waals surface area contributed by atoms with Gasteiger partial charge in [-0.2, -0.15) is 0 Å². The zero-order chi connectivity index (χ0) is 15.7. The molecule has 0 heterocycles. The van der Waals surface area contributed by atoms with Gasteiger partial charge in [0, 0.05) is 31.3 Å². The van der Waals surface area contributed by atoms with Crippen LogP contribution in [-0.2, 0) is 0 Å². The van der Waals surface area contributed by atoms with Gasteiger partial charge in [0.15, 0.2) is 0 Å². The van der Waals surface area contributed by atoms with Gasteiger partial charge in [0.2, 0.25) is 0 Å². The Bertz CT molecular complexity index is 438. The smallest absolute Gasteiger partial charge is 0.265 e. The molecule has 0 saturated carbocycles. The van der Waals surface area contributed by atoms with Crippen LogP contribution in [0.4, 0.5) is 0 Å². The summed E-state index contributed by atoms with van der Waals surface area (Å²) >= 11 is 0. The highest BCUT2D eigenvalue weighted by Gasteiger charge is 2.09. The summed E-state index contributed by atoms with van der Waals surface area (Å²) < 4.78 is 5.68. The summed E-state index contributed by atoms with van der Waals surface area (Å²) in [5.74, 6) is 5.41. The molecule has 0 atom stereocenters. The Balaban J connectivity index is 2.49. The summed E-state index contributed by atoms with van der Waals surface area (Å²) in [5.41, 5.74) is 2.56. The standard InChI is InChI=1S/C15H25N3O3/c1-12(2)18(7-4-9-19)8-10-21-14-6-3-5-13(11-14)15(20)17-16/h3,5-6,11-12,19H,4,7-10,16H2,1-2H3,(H,17,20). The number of ether oxygens (including phenoxy) is 1. The molecule has 0 unspecified atom stereocenters. The van der Waals surface area contributed by atoms with E-state index < -0.39 is 0 Å². The number of nitrogens with zero attached hydrogens (tertiary/aromatic N) is 1. The van der Waals surface area contributed by atoms with Crippen molar-refractivity contribution in [3.05, 3.63) is 29.8 Å². The predicted octanol–water partition coefficient (Wildman–Crippen LogP) is 0.762. The quantitative estimate of drug-likeness (QED) is 0.356. The average molecular weight is 295 g/mol. The van der Waals surface area contributed by atoms with Gasteiger partial charge in [0.1, 0.15) is 12.4 Å². The largest absolute Gasteiger partial charge is 0.492 e. The van der Waals surface area contributed by atoms with Crippen LogP contribution in [0.3, 0.4) is 0 Å². The second-order valence-electron chi connectivity index (χ2n) is 5.06. The molecule has 4 N–H and O–H groups in total. The van der Waals surface area contributed by atoms with E-state index in [0.717, 1.165) is 19.5 Å². The number of hydrazine groups is 1. The Kier molecular flexibility index (Phi) is 7.74. The van der Waals surface area contributed by atoms with Gasteiger partial charge in [-0.05, 0) is 38.5 Å². The Morgan fingerprint density at radius 2 is 2.19 bits per heavy atom. The fraction of sp³-hybridized carbons (Fsp3) is 0.533. The number of hydrogen-bond donors (Lipinski definition) is 3. The minimum atomic E-state index is -0.341. The zero-order valence-electron chi connectivity index (χ0n) is 12.7. The van der Waals surface area contributed by atoms with E-state index in [-0.39, 0.29) is 12.5 Å². The number of benzene rings is 1. The lowest BCUT2D eigenvalue weighted by atomic mass is 10.2. The lowest BCUT2D eigenvalue weighted by Gasteiger charge is -2.26. The summed E-state index contributed by atoms with van der Waals surface area (Å²) in [4.78, 5) is 13.7. The third kappa shape index (κ3) is 6.12. The minimum absolute atomic E-state index is 0.195. The van der Waals surface area contributed by atoms with Crippen molar-refractivity contribution in [2.75, 3.05) is 26.3 Å². The first-order chi connectivity index (χ1) is 10.1. The van der Waals surface area contributed by atoms with Crippen molar-refractivity contribution in [2.24, 2.45) is 5.84 Å². The van der Waals surface area contributed by atoms with Gasteiger partial charge in [-0.3, -0.25) is 15.1 Å². The topological polar surface area (TPSA) is 87.8 Å². The third-order valence-electron chi connectivity index (χ3n) is 3.21.